The van der Waals surface area contributed by atoms with Crippen molar-refractivity contribution in [1.29, 1.82) is 0 Å². The summed E-state index contributed by atoms with van der Waals surface area (Å²) >= 11 is 0. The largest absolute Gasteiger partial charge is 0.493 e. The Bertz CT molecular complexity index is 542. The maximum atomic E-state index is 11.4. The van der Waals surface area contributed by atoms with Crippen LogP contribution in [-0.2, 0) is 17.6 Å². The topological polar surface area (TPSA) is 32.8 Å². The second-order valence-corrected chi connectivity index (χ2v) is 6.49. The normalized spacial score (nSPS) is 18.0. The number of hydrogen-bond donors (Lipinski definition) is 0. The second-order valence-electron chi connectivity index (χ2n) is 6.49. The summed E-state index contributed by atoms with van der Waals surface area (Å²) in [5.41, 5.74) is 2.77. The third kappa shape index (κ3) is 4.39. The molecule has 0 aromatic heterocycles. The van der Waals surface area contributed by atoms with E-state index in [4.69, 9.17) is 4.74 Å². The third-order valence-corrected chi connectivity index (χ3v) is 5.07. The lowest BCUT2D eigenvalue weighted by molar-refractivity contribution is -0.130. The molecule has 23 heavy (non-hydrogen) atoms. The fourth-order valence-electron chi connectivity index (χ4n) is 3.47. The van der Waals surface area contributed by atoms with Crippen molar-refractivity contribution in [1.82, 2.24) is 9.80 Å². The van der Waals surface area contributed by atoms with E-state index in [-0.39, 0.29) is 18.3 Å². The average Bonchev–Trinajstić information content (AvgIpc) is 3.00. The number of nitrogens with zero attached hydrogens (tertiary/aromatic N) is 2. The summed E-state index contributed by atoms with van der Waals surface area (Å²) in [5, 5.41) is 0. The van der Waals surface area contributed by atoms with E-state index in [0.29, 0.717) is 6.04 Å². The summed E-state index contributed by atoms with van der Waals surface area (Å²) in [6.07, 6.45) is 4.33. The van der Waals surface area contributed by atoms with Gasteiger partial charge in [0.25, 0.3) is 0 Å². The van der Waals surface area contributed by atoms with Crippen molar-refractivity contribution in [2.45, 2.75) is 38.6 Å². The highest BCUT2D eigenvalue weighted by Crippen LogP contribution is 2.26. The minimum Gasteiger partial charge on any atom is -0.493 e. The van der Waals surface area contributed by atoms with Crippen molar-refractivity contribution in [2.75, 3.05) is 33.3 Å². The number of carbonyl (C=O) groups is 1. The minimum absolute atomic E-state index is 0. The minimum atomic E-state index is 0. The predicted octanol–water partition coefficient (Wildman–Crippen LogP) is 2.53. The lowest BCUT2D eigenvalue weighted by atomic mass is 10.0. The molecule has 1 aromatic carbocycles. The smallest absolute Gasteiger partial charge is 0.219 e. The number of likely N-dealkylation sites (tertiary alicyclic amines) is 1. The Balaban J connectivity index is 0.00000192. The van der Waals surface area contributed by atoms with Crippen molar-refractivity contribution >= 4 is 18.3 Å². The van der Waals surface area contributed by atoms with E-state index in [9.17, 15) is 4.79 Å². The first kappa shape index (κ1) is 18.1. The number of hydrogen-bond acceptors (Lipinski definition) is 3. The van der Waals surface area contributed by atoms with Crippen LogP contribution in [0.1, 0.15) is 30.9 Å². The molecule has 0 unspecified atom stereocenters. The molecule has 1 amide bonds. The first-order valence-corrected chi connectivity index (χ1v) is 8.34. The van der Waals surface area contributed by atoms with E-state index in [1.807, 2.05) is 11.9 Å². The Morgan fingerprint density at radius 1 is 1.35 bits per heavy atom. The molecule has 2 aliphatic rings. The number of fused-ring (bicyclic) bond motifs is 1. The lowest BCUT2D eigenvalue weighted by Crippen LogP contribution is -2.45. The van der Waals surface area contributed by atoms with Crippen molar-refractivity contribution in [3.05, 3.63) is 29.3 Å². The number of benzene rings is 1. The van der Waals surface area contributed by atoms with E-state index >= 15 is 0 Å². The number of halogens is 1. The van der Waals surface area contributed by atoms with Gasteiger partial charge in [0, 0.05) is 46.1 Å². The fraction of sp³-hybridized carbons (Fsp3) is 0.611. The van der Waals surface area contributed by atoms with Crippen LogP contribution in [0.2, 0.25) is 0 Å². The van der Waals surface area contributed by atoms with Gasteiger partial charge in [-0.2, -0.15) is 0 Å². The molecule has 0 spiro atoms. The zero-order chi connectivity index (χ0) is 15.5. The van der Waals surface area contributed by atoms with Gasteiger partial charge >= 0.3 is 0 Å². The molecule has 5 heteroatoms. The molecule has 3 rings (SSSR count). The SMILES string of the molecule is CC(=O)N(C)C1CCN(CCc2ccc3c(c2)CCO3)CC1.Cl. The number of piperidine rings is 1. The predicted molar refractivity (Wildman–Crippen MR) is 94.5 cm³/mol. The average molecular weight is 339 g/mol. The van der Waals surface area contributed by atoms with Crippen molar-refractivity contribution in [2.24, 2.45) is 0 Å². The van der Waals surface area contributed by atoms with Crippen LogP contribution in [0.3, 0.4) is 0 Å². The summed E-state index contributed by atoms with van der Waals surface area (Å²) in [4.78, 5) is 15.9. The Labute approximate surface area is 145 Å². The molecule has 128 valence electrons. The molecule has 0 aliphatic carbocycles. The molecule has 2 heterocycles. The van der Waals surface area contributed by atoms with Crippen molar-refractivity contribution in [3.63, 3.8) is 0 Å². The van der Waals surface area contributed by atoms with Gasteiger partial charge in [-0.1, -0.05) is 12.1 Å². The van der Waals surface area contributed by atoms with Crippen LogP contribution in [0.15, 0.2) is 18.2 Å². The molecular formula is C18H27ClN2O2. The van der Waals surface area contributed by atoms with Crippen LogP contribution in [0.4, 0.5) is 0 Å². The first-order chi connectivity index (χ1) is 10.6. The summed E-state index contributed by atoms with van der Waals surface area (Å²) in [5.74, 6) is 1.25. The molecule has 0 bridgehead atoms. The van der Waals surface area contributed by atoms with Gasteiger partial charge in [0.1, 0.15) is 5.75 Å². The Kier molecular flexibility index (Phi) is 6.31. The summed E-state index contributed by atoms with van der Waals surface area (Å²) in [7, 11) is 1.93. The van der Waals surface area contributed by atoms with Gasteiger partial charge < -0.3 is 14.5 Å². The molecule has 1 fully saturated rings. The zero-order valence-electron chi connectivity index (χ0n) is 14.1. The third-order valence-electron chi connectivity index (χ3n) is 5.07. The van der Waals surface area contributed by atoms with E-state index in [2.05, 4.69) is 23.1 Å². The monoisotopic (exact) mass is 338 g/mol. The standard InChI is InChI=1S/C18H26N2O2.ClH/c1-14(21)19(2)17-6-10-20(11-7-17)9-5-15-3-4-18-16(13-15)8-12-22-18;/h3-4,13,17H,5-12H2,1-2H3;1H. The van der Waals surface area contributed by atoms with E-state index < -0.39 is 0 Å². The van der Waals surface area contributed by atoms with Crippen LogP contribution in [0.25, 0.3) is 0 Å². The highest BCUT2D eigenvalue weighted by atomic mass is 35.5. The molecule has 1 aromatic rings. The van der Waals surface area contributed by atoms with Gasteiger partial charge in [0.15, 0.2) is 0 Å². The summed E-state index contributed by atoms with van der Waals surface area (Å²) in [6.45, 7) is 5.78. The molecular weight excluding hydrogens is 312 g/mol. The molecule has 0 atom stereocenters. The van der Waals surface area contributed by atoms with Crippen LogP contribution < -0.4 is 4.74 Å². The number of amides is 1. The molecule has 1 saturated heterocycles. The Hall–Kier alpha value is -1.26. The quantitative estimate of drug-likeness (QED) is 0.845. The lowest BCUT2D eigenvalue weighted by Gasteiger charge is -2.36. The Morgan fingerprint density at radius 2 is 2.09 bits per heavy atom. The Morgan fingerprint density at radius 3 is 2.78 bits per heavy atom. The maximum absolute atomic E-state index is 11.4. The van der Waals surface area contributed by atoms with Crippen molar-refractivity contribution < 1.29 is 9.53 Å². The zero-order valence-corrected chi connectivity index (χ0v) is 14.9. The van der Waals surface area contributed by atoms with Crippen LogP contribution in [0, 0.1) is 0 Å². The highest BCUT2D eigenvalue weighted by Gasteiger charge is 2.23. The van der Waals surface area contributed by atoms with Gasteiger partial charge in [-0.3, -0.25) is 4.79 Å². The molecule has 4 nitrogen and oxygen atoms in total. The van der Waals surface area contributed by atoms with Gasteiger partial charge in [0.2, 0.25) is 5.91 Å². The van der Waals surface area contributed by atoms with Gasteiger partial charge in [0.05, 0.1) is 6.61 Å². The first-order valence-electron chi connectivity index (χ1n) is 8.34. The van der Waals surface area contributed by atoms with E-state index in [1.54, 1.807) is 6.92 Å². The summed E-state index contributed by atoms with van der Waals surface area (Å²) < 4.78 is 5.56. The fourth-order valence-corrected chi connectivity index (χ4v) is 3.47. The molecule has 2 aliphatic heterocycles. The van der Waals surface area contributed by atoms with Gasteiger partial charge in [-0.05, 0) is 36.5 Å². The highest BCUT2D eigenvalue weighted by molar-refractivity contribution is 5.85. The van der Waals surface area contributed by atoms with E-state index in [0.717, 1.165) is 57.7 Å². The van der Waals surface area contributed by atoms with Gasteiger partial charge in [-0.15, -0.1) is 12.4 Å². The molecule has 0 N–H and O–H groups in total. The van der Waals surface area contributed by atoms with Gasteiger partial charge in [-0.25, -0.2) is 0 Å². The molecule has 0 radical (unpaired) electrons. The van der Waals surface area contributed by atoms with Crippen LogP contribution in [-0.4, -0.2) is 55.0 Å². The maximum Gasteiger partial charge on any atom is 0.219 e. The van der Waals surface area contributed by atoms with Crippen LogP contribution >= 0.6 is 12.4 Å². The van der Waals surface area contributed by atoms with Crippen LogP contribution in [0.5, 0.6) is 5.75 Å². The number of rotatable bonds is 4. The number of ether oxygens (including phenoxy) is 1. The summed E-state index contributed by atoms with van der Waals surface area (Å²) in [6, 6.07) is 7.04. The van der Waals surface area contributed by atoms with E-state index in [1.165, 1.54) is 11.1 Å². The second kappa shape index (κ2) is 8.02. The van der Waals surface area contributed by atoms with Crippen molar-refractivity contribution in [3.8, 4) is 5.75 Å². The molecule has 0 saturated carbocycles. The number of carbonyl (C=O) groups excluding carboxylic acids is 1.